The van der Waals surface area contributed by atoms with E-state index in [-0.39, 0.29) is 17.4 Å². The van der Waals surface area contributed by atoms with Gasteiger partial charge in [0.05, 0.1) is 5.56 Å². The van der Waals surface area contributed by atoms with E-state index in [4.69, 9.17) is 5.73 Å². The fraction of sp³-hybridized carbons (Fsp3) is 0.0909. The molecule has 0 aliphatic carbocycles. The van der Waals surface area contributed by atoms with Crippen molar-refractivity contribution >= 4 is 5.82 Å². The van der Waals surface area contributed by atoms with E-state index in [9.17, 15) is 8.78 Å². The van der Waals surface area contributed by atoms with Gasteiger partial charge in [0.25, 0.3) is 0 Å². The lowest BCUT2D eigenvalue weighted by Gasteiger charge is -2.09. The number of halogens is 2. The Hall–Kier alpha value is -2.24. The largest absolute Gasteiger partial charge is 0.434 e. The summed E-state index contributed by atoms with van der Waals surface area (Å²) in [5.41, 5.74) is 5.88. The molecule has 2 aromatic rings. The molecule has 88 valence electrons. The molecule has 0 fully saturated rings. The topological polar surface area (TPSA) is 61.0 Å². The van der Waals surface area contributed by atoms with Crippen LogP contribution in [0.4, 0.5) is 14.6 Å². The molecule has 4 nitrogen and oxygen atoms in total. The molecule has 0 spiro atoms. The summed E-state index contributed by atoms with van der Waals surface area (Å²) >= 11 is 0. The summed E-state index contributed by atoms with van der Waals surface area (Å²) in [5, 5.41) is 0. The number of alkyl halides is 2. The molecule has 0 aliphatic rings. The number of nitrogens with zero attached hydrogens (tertiary/aromatic N) is 2. The number of ether oxygens (including phenoxy) is 1. The van der Waals surface area contributed by atoms with E-state index in [0.29, 0.717) is 5.56 Å². The van der Waals surface area contributed by atoms with Crippen LogP contribution >= 0.6 is 0 Å². The van der Waals surface area contributed by atoms with Crippen molar-refractivity contribution in [2.75, 3.05) is 5.73 Å². The highest BCUT2D eigenvalue weighted by Gasteiger charge is 2.12. The predicted octanol–water partition coefficient (Wildman–Crippen LogP) is 2.33. The van der Waals surface area contributed by atoms with Crippen LogP contribution in [0.1, 0.15) is 0 Å². The lowest BCUT2D eigenvalue weighted by molar-refractivity contribution is -0.0494. The van der Waals surface area contributed by atoms with Crippen LogP contribution in [-0.2, 0) is 0 Å². The molecule has 0 atom stereocenters. The summed E-state index contributed by atoms with van der Waals surface area (Å²) in [6.45, 7) is -2.89. The van der Waals surface area contributed by atoms with Gasteiger partial charge in [-0.15, -0.1) is 0 Å². The Kier molecular flexibility index (Phi) is 3.13. The zero-order valence-corrected chi connectivity index (χ0v) is 8.68. The highest BCUT2D eigenvalue weighted by Crippen LogP contribution is 2.28. The molecule has 17 heavy (non-hydrogen) atoms. The number of hydrogen-bond acceptors (Lipinski definition) is 4. The van der Waals surface area contributed by atoms with Crippen LogP contribution in [0.3, 0.4) is 0 Å². The molecular formula is C11H9F2N3O. The summed E-state index contributed by atoms with van der Waals surface area (Å²) in [6.07, 6.45) is 1.46. The number of hydrogen-bond donors (Lipinski definition) is 1. The number of aromatic nitrogens is 2. The first-order valence-electron chi connectivity index (χ1n) is 4.79. The van der Waals surface area contributed by atoms with Gasteiger partial charge in [-0.25, -0.2) is 9.97 Å². The Labute approximate surface area is 96.1 Å². The Balaban J connectivity index is 2.44. The molecule has 0 saturated heterocycles. The van der Waals surface area contributed by atoms with E-state index < -0.39 is 6.61 Å². The van der Waals surface area contributed by atoms with Gasteiger partial charge in [0.15, 0.2) is 5.82 Å². The van der Waals surface area contributed by atoms with Crippen molar-refractivity contribution < 1.29 is 13.5 Å². The lowest BCUT2D eigenvalue weighted by atomic mass is 10.2. The SMILES string of the molecule is Nc1ccnc(-c2ccccc2OC(F)F)n1. The maximum atomic E-state index is 12.2. The highest BCUT2D eigenvalue weighted by atomic mass is 19.3. The van der Waals surface area contributed by atoms with Crippen molar-refractivity contribution in [2.24, 2.45) is 0 Å². The normalized spacial score (nSPS) is 10.5. The van der Waals surface area contributed by atoms with Gasteiger partial charge in [0.1, 0.15) is 11.6 Å². The van der Waals surface area contributed by atoms with Crippen LogP contribution in [0.25, 0.3) is 11.4 Å². The third-order valence-electron chi connectivity index (χ3n) is 2.02. The zero-order chi connectivity index (χ0) is 12.3. The molecule has 0 aliphatic heterocycles. The minimum absolute atomic E-state index is 0.0214. The number of nitrogen functional groups attached to an aromatic ring is 1. The van der Waals surface area contributed by atoms with Crippen molar-refractivity contribution in [3.63, 3.8) is 0 Å². The molecule has 0 bridgehead atoms. The molecule has 0 radical (unpaired) electrons. The summed E-state index contributed by atoms with van der Waals surface area (Å²) in [7, 11) is 0. The standard InChI is InChI=1S/C11H9F2N3O/c12-11(13)17-8-4-2-1-3-7(8)10-15-6-5-9(14)16-10/h1-6,11H,(H2,14,15,16). The second kappa shape index (κ2) is 4.73. The number of nitrogens with two attached hydrogens (primary N) is 1. The summed E-state index contributed by atoms with van der Waals surface area (Å²) in [4.78, 5) is 7.91. The molecule has 1 heterocycles. The van der Waals surface area contributed by atoms with Gasteiger partial charge in [-0.3, -0.25) is 0 Å². The van der Waals surface area contributed by atoms with Gasteiger partial charge < -0.3 is 10.5 Å². The fourth-order valence-electron chi connectivity index (χ4n) is 1.35. The first-order chi connectivity index (χ1) is 8.16. The van der Waals surface area contributed by atoms with Crippen LogP contribution in [0.15, 0.2) is 36.5 Å². The minimum Gasteiger partial charge on any atom is -0.434 e. The fourth-order valence-corrected chi connectivity index (χ4v) is 1.35. The summed E-state index contributed by atoms with van der Waals surface area (Å²) < 4.78 is 28.8. The first kappa shape index (κ1) is 11.3. The van der Waals surface area contributed by atoms with Crippen molar-refractivity contribution in [3.8, 4) is 17.1 Å². The molecular weight excluding hydrogens is 228 g/mol. The highest BCUT2D eigenvalue weighted by molar-refractivity contribution is 5.64. The van der Waals surface area contributed by atoms with Crippen molar-refractivity contribution in [2.45, 2.75) is 6.61 Å². The summed E-state index contributed by atoms with van der Waals surface area (Å²) in [5.74, 6) is 0.538. The number of anilines is 1. The minimum atomic E-state index is -2.89. The second-order valence-corrected chi connectivity index (χ2v) is 3.18. The third kappa shape index (κ3) is 2.66. The molecule has 2 rings (SSSR count). The Morgan fingerprint density at radius 1 is 1.18 bits per heavy atom. The Morgan fingerprint density at radius 3 is 2.65 bits per heavy atom. The van der Waals surface area contributed by atoms with E-state index in [0.717, 1.165) is 0 Å². The predicted molar refractivity (Wildman–Crippen MR) is 58.5 cm³/mol. The van der Waals surface area contributed by atoms with E-state index in [1.807, 2.05) is 0 Å². The Morgan fingerprint density at radius 2 is 1.94 bits per heavy atom. The van der Waals surface area contributed by atoms with Gasteiger partial charge >= 0.3 is 6.61 Å². The smallest absolute Gasteiger partial charge is 0.387 e. The quantitative estimate of drug-likeness (QED) is 0.889. The summed E-state index contributed by atoms with van der Waals surface area (Å²) in [6, 6.07) is 7.80. The van der Waals surface area contributed by atoms with Gasteiger partial charge in [-0.2, -0.15) is 8.78 Å². The van der Waals surface area contributed by atoms with Crippen LogP contribution in [0.5, 0.6) is 5.75 Å². The van der Waals surface area contributed by atoms with Crippen LogP contribution in [0, 0.1) is 0 Å². The van der Waals surface area contributed by atoms with Gasteiger partial charge in [-0.05, 0) is 18.2 Å². The lowest BCUT2D eigenvalue weighted by Crippen LogP contribution is -2.04. The van der Waals surface area contributed by atoms with Crippen LogP contribution in [-0.4, -0.2) is 16.6 Å². The molecule has 0 amide bonds. The molecule has 0 saturated carbocycles. The molecule has 6 heteroatoms. The van der Waals surface area contributed by atoms with Crippen LogP contribution in [0.2, 0.25) is 0 Å². The molecule has 2 N–H and O–H groups in total. The molecule has 1 aromatic heterocycles. The van der Waals surface area contributed by atoms with Crippen LogP contribution < -0.4 is 10.5 Å². The monoisotopic (exact) mass is 237 g/mol. The van der Waals surface area contributed by atoms with Crippen molar-refractivity contribution in [1.82, 2.24) is 9.97 Å². The van der Waals surface area contributed by atoms with E-state index in [1.54, 1.807) is 18.2 Å². The Bertz CT molecular complexity index is 520. The zero-order valence-electron chi connectivity index (χ0n) is 8.68. The number of para-hydroxylation sites is 1. The molecule has 1 aromatic carbocycles. The maximum Gasteiger partial charge on any atom is 0.387 e. The van der Waals surface area contributed by atoms with Gasteiger partial charge in [0.2, 0.25) is 0 Å². The van der Waals surface area contributed by atoms with Gasteiger partial charge in [-0.1, -0.05) is 12.1 Å². The van der Waals surface area contributed by atoms with Crippen molar-refractivity contribution in [1.29, 1.82) is 0 Å². The van der Waals surface area contributed by atoms with E-state index in [2.05, 4.69) is 14.7 Å². The maximum absolute atomic E-state index is 12.2. The average Bonchev–Trinajstić information content (AvgIpc) is 2.29. The van der Waals surface area contributed by atoms with E-state index >= 15 is 0 Å². The number of rotatable bonds is 3. The third-order valence-corrected chi connectivity index (χ3v) is 2.02. The number of benzene rings is 1. The average molecular weight is 237 g/mol. The van der Waals surface area contributed by atoms with E-state index in [1.165, 1.54) is 18.3 Å². The second-order valence-electron chi connectivity index (χ2n) is 3.18. The van der Waals surface area contributed by atoms with Crippen molar-refractivity contribution in [3.05, 3.63) is 36.5 Å². The first-order valence-corrected chi connectivity index (χ1v) is 4.79. The van der Waals surface area contributed by atoms with Gasteiger partial charge in [0, 0.05) is 6.20 Å². The molecule has 0 unspecified atom stereocenters.